The van der Waals surface area contributed by atoms with Gasteiger partial charge < -0.3 is 9.64 Å². The van der Waals surface area contributed by atoms with Crippen molar-refractivity contribution < 1.29 is 22.7 Å². The molecule has 0 radical (unpaired) electrons. The van der Waals surface area contributed by atoms with Crippen LogP contribution in [0.4, 0.5) is 0 Å². The summed E-state index contributed by atoms with van der Waals surface area (Å²) in [6, 6.07) is 6.32. The molecular weight excluding hydrogens is 344 g/mol. The first-order valence-corrected chi connectivity index (χ1v) is 9.70. The number of hydrogen-bond donors (Lipinski definition) is 1. The fraction of sp³-hybridized carbons (Fsp3) is 0.412. The number of fused-ring (bicyclic) bond motifs is 1. The molecule has 8 heteroatoms. The van der Waals surface area contributed by atoms with E-state index in [9.17, 15) is 18.0 Å². The zero-order chi connectivity index (χ0) is 18.0. The summed E-state index contributed by atoms with van der Waals surface area (Å²) in [6.07, 6.45) is 0.581. The molecule has 2 aliphatic rings. The first kappa shape index (κ1) is 17.8. The zero-order valence-corrected chi connectivity index (χ0v) is 14.8. The van der Waals surface area contributed by atoms with Crippen LogP contribution < -0.4 is 4.72 Å². The number of morpholine rings is 1. The van der Waals surface area contributed by atoms with Gasteiger partial charge in [0.1, 0.15) is 5.70 Å². The van der Waals surface area contributed by atoms with E-state index in [0.29, 0.717) is 32.7 Å². The molecular formula is C17H20N2O5S. The predicted molar refractivity (Wildman–Crippen MR) is 91.7 cm³/mol. The maximum absolute atomic E-state index is 13.0. The fourth-order valence-corrected chi connectivity index (χ4v) is 4.42. The highest BCUT2D eigenvalue weighted by Gasteiger charge is 2.41. The second-order valence-corrected chi connectivity index (χ2v) is 7.58. The van der Waals surface area contributed by atoms with Crippen LogP contribution in [0.2, 0.25) is 0 Å². The number of carbonyl (C=O) groups is 2. The topological polar surface area (TPSA) is 92.8 Å². The summed E-state index contributed by atoms with van der Waals surface area (Å²) in [6.45, 7) is 3.51. The molecule has 0 bridgehead atoms. The lowest BCUT2D eigenvalue weighted by atomic mass is 9.91. The number of benzene rings is 1. The van der Waals surface area contributed by atoms with Gasteiger partial charge >= 0.3 is 0 Å². The lowest BCUT2D eigenvalue weighted by Crippen LogP contribution is -2.44. The highest BCUT2D eigenvalue weighted by molar-refractivity contribution is 7.94. The molecule has 1 aliphatic carbocycles. The van der Waals surface area contributed by atoms with Crippen molar-refractivity contribution >= 4 is 21.6 Å². The third-order valence-corrected chi connectivity index (χ3v) is 5.69. The summed E-state index contributed by atoms with van der Waals surface area (Å²) in [5.74, 6) is -1.07. The molecule has 25 heavy (non-hydrogen) atoms. The monoisotopic (exact) mass is 364 g/mol. The first-order chi connectivity index (χ1) is 12.0. The van der Waals surface area contributed by atoms with E-state index < -0.39 is 26.5 Å². The van der Waals surface area contributed by atoms with Gasteiger partial charge in [0.25, 0.3) is 0 Å². The average Bonchev–Trinajstić information content (AvgIpc) is 2.63. The Morgan fingerprint density at radius 1 is 1.08 bits per heavy atom. The summed E-state index contributed by atoms with van der Waals surface area (Å²) < 4.78 is 33.2. The zero-order valence-electron chi connectivity index (χ0n) is 13.9. The minimum atomic E-state index is -4.09. The number of sulfonamides is 1. The lowest BCUT2D eigenvalue weighted by molar-refractivity contribution is 0.0499. The molecule has 3 rings (SSSR count). The van der Waals surface area contributed by atoms with Gasteiger partial charge in [0.2, 0.25) is 21.6 Å². The predicted octanol–water partition coefficient (Wildman–Crippen LogP) is 0.939. The number of hydrogen-bond acceptors (Lipinski definition) is 6. The Bertz CT molecular complexity index is 838. The normalized spacial score (nSPS) is 18.5. The van der Waals surface area contributed by atoms with Gasteiger partial charge in [-0.25, -0.2) is 13.1 Å². The Hall–Kier alpha value is -2.03. The standard InChI is InChI=1S/C17H20N2O5S/c1-2-7-18-25(22,23)17-14(19-8-10-24-11-9-19)15(20)12-5-3-4-6-13(12)16(17)21/h3-6,18H,2,7-11H2,1H3. The maximum atomic E-state index is 13.0. The van der Waals surface area contributed by atoms with E-state index >= 15 is 0 Å². The molecule has 1 heterocycles. The Kier molecular flexibility index (Phi) is 5.03. The Morgan fingerprint density at radius 2 is 1.68 bits per heavy atom. The van der Waals surface area contributed by atoms with Gasteiger partial charge in [-0.05, 0) is 6.42 Å². The highest BCUT2D eigenvalue weighted by Crippen LogP contribution is 2.31. The van der Waals surface area contributed by atoms with E-state index in [1.54, 1.807) is 23.1 Å². The number of nitrogens with one attached hydrogen (secondary N) is 1. The number of ether oxygens (including phenoxy) is 1. The molecule has 0 amide bonds. The van der Waals surface area contributed by atoms with Crippen LogP contribution in [0, 0.1) is 0 Å². The molecule has 1 aromatic rings. The van der Waals surface area contributed by atoms with Gasteiger partial charge in [0.15, 0.2) is 4.91 Å². The summed E-state index contributed by atoms with van der Waals surface area (Å²) in [7, 11) is -4.09. The SMILES string of the molecule is CCCNS(=O)(=O)C1=C(N2CCOCC2)C(=O)c2ccccc2C1=O. The van der Waals surface area contributed by atoms with E-state index in [-0.39, 0.29) is 23.4 Å². The van der Waals surface area contributed by atoms with Gasteiger partial charge in [-0.3, -0.25) is 9.59 Å². The quantitative estimate of drug-likeness (QED) is 0.836. The van der Waals surface area contributed by atoms with Crippen molar-refractivity contribution in [2.24, 2.45) is 0 Å². The second kappa shape index (κ2) is 7.07. The van der Waals surface area contributed by atoms with Crippen LogP contribution in [0.5, 0.6) is 0 Å². The smallest absolute Gasteiger partial charge is 0.246 e. The van der Waals surface area contributed by atoms with Gasteiger partial charge in [-0.15, -0.1) is 0 Å². The number of allylic oxidation sites excluding steroid dienone is 2. The van der Waals surface area contributed by atoms with Crippen molar-refractivity contribution in [1.82, 2.24) is 9.62 Å². The van der Waals surface area contributed by atoms with E-state index in [1.807, 2.05) is 6.92 Å². The molecule has 0 unspecified atom stereocenters. The molecule has 1 aliphatic heterocycles. The van der Waals surface area contributed by atoms with Crippen molar-refractivity contribution in [2.45, 2.75) is 13.3 Å². The Morgan fingerprint density at radius 3 is 2.28 bits per heavy atom. The van der Waals surface area contributed by atoms with Crippen molar-refractivity contribution in [3.05, 3.63) is 46.0 Å². The molecule has 0 aromatic heterocycles. The Balaban J connectivity index is 2.18. The van der Waals surface area contributed by atoms with Crippen LogP contribution in [-0.2, 0) is 14.8 Å². The van der Waals surface area contributed by atoms with Crippen LogP contribution in [0.25, 0.3) is 0 Å². The molecule has 7 nitrogen and oxygen atoms in total. The van der Waals surface area contributed by atoms with Crippen LogP contribution in [-0.4, -0.2) is 57.7 Å². The van der Waals surface area contributed by atoms with Gasteiger partial charge in [-0.2, -0.15) is 0 Å². The molecule has 0 atom stereocenters. The number of carbonyl (C=O) groups excluding carboxylic acids is 2. The highest BCUT2D eigenvalue weighted by atomic mass is 32.2. The number of ketones is 2. The Labute approximate surface area is 146 Å². The second-order valence-electron chi connectivity index (χ2n) is 5.88. The largest absolute Gasteiger partial charge is 0.378 e. The summed E-state index contributed by atoms with van der Waals surface area (Å²) >= 11 is 0. The van der Waals surface area contributed by atoms with Crippen molar-refractivity contribution in [3.8, 4) is 0 Å². The minimum absolute atomic E-state index is 0.0457. The molecule has 1 N–H and O–H groups in total. The van der Waals surface area contributed by atoms with Crippen molar-refractivity contribution in [1.29, 1.82) is 0 Å². The van der Waals surface area contributed by atoms with Gasteiger partial charge in [-0.1, -0.05) is 31.2 Å². The number of nitrogens with zero attached hydrogens (tertiary/aromatic N) is 1. The van der Waals surface area contributed by atoms with Crippen LogP contribution in [0.1, 0.15) is 34.1 Å². The van der Waals surface area contributed by atoms with Gasteiger partial charge in [0, 0.05) is 30.8 Å². The van der Waals surface area contributed by atoms with Crippen LogP contribution >= 0.6 is 0 Å². The molecule has 1 saturated heterocycles. The third-order valence-electron chi connectivity index (χ3n) is 4.19. The average molecular weight is 364 g/mol. The maximum Gasteiger partial charge on any atom is 0.246 e. The molecule has 1 fully saturated rings. The molecule has 1 aromatic carbocycles. The summed E-state index contributed by atoms with van der Waals surface area (Å²) in [5.41, 5.74) is 0.320. The van der Waals surface area contributed by atoms with Gasteiger partial charge in [0.05, 0.1) is 13.2 Å². The summed E-state index contributed by atoms with van der Waals surface area (Å²) in [4.78, 5) is 27.1. The van der Waals surface area contributed by atoms with Crippen molar-refractivity contribution in [3.63, 3.8) is 0 Å². The molecule has 134 valence electrons. The van der Waals surface area contributed by atoms with E-state index in [0.717, 1.165) is 0 Å². The summed E-state index contributed by atoms with van der Waals surface area (Å²) in [5, 5.41) is 0. The van der Waals surface area contributed by atoms with E-state index in [4.69, 9.17) is 4.74 Å². The minimum Gasteiger partial charge on any atom is -0.378 e. The van der Waals surface area contributed by atoms with E-state index in [1.165, 1.54) is 6.07 Å². The van der Waals surface area contributed by atoms with Crippen molar-refractivity contribution in [2.75, 3.05) is 32.8 Å². The van der Waals surface area contributed by atoms with Crippen LogP contribution in [0.15, 0.2) is 34.9 Å². The number of rotatable bonds is 5. The number of Topliss-reactive ketones (excluding diaryl/α,β-unsaturated/α-hetero) is 2. The first-order valence-electron chi connectivity index (χ1n) is 8.22. The molecule has 0 saturated carbocycles. The van der Waals surface area contributed by atoms with E-state index in [2.05, 4.69) is 4.72 Å². The molecule has 0 spiro atoms. The fourth-order valence-electron chi connectivity index (χ4n) is 2.97. The van der Waals surface area contributed by atoms with Crippen LogP contribution in [0.3, 0.4) is 0 Å². The third kappa shape index (κ3) is 3.24. The lowest BCUT2D eigenvalue weighted by Gasteiger charge is -2.33.